The molecule has 0 bridgehead atoms. The summed E-state index contributed by atoms with van der Waals surface area (Å²) < 4.78 is 0. The molecule has 0 aromatic carbocycles. The van der Waals surface area contributed by atoms with Crippen LogP contribution >= 0.6 is 0 Å². The van der Waals surface area contributed by atoms with E-state index < -0.39 is 5.41 Å². The summed E-state index contributed by atoms with van der Waals surface area (Å²) >= 11 is 0. The molecule has 3 nitrogen and oxygen atoms in total. The average Bonchev–Trinajstić information content (AvgIpc) is 3.23. The summed E-state index contributed by atoms with van der Waals surface area (Å²) in [6.45, 7) is 7.09. The highest BCUT2D eigenvalue weighted by molar-refractivity contribution is 5.86. The van der Waals surface area contributed by atoms with Crippen molar-refractivity contribution < 1.29 is 4.79 Å². The third-order valence-electron chi connectivity index (χ3n) is 3.98. The Bertz CT molecular complexity index is 322. The van der Waals surface area contributed by atoms with Gasteiger partial charge in [-0.1, -0.05) is 40.0 Å². The Labute approximate surface area is 118 Å². The van der Waals surface area contributed by atoms with E-state index in [-0.39, 0.29) is 5.91 Å². The van der Waals surface area contributed by atoms with Crippen LogP contribution in [0, 0.1) is 16.7 Å². The topological polar surface area (TPSA) is 44.1 Å². The van der Waals surface area contributed by atoms with Gasteiger partial charge in [0, 0.05) is 12.6 Å². The Hall–Kier alpha value is -1.04. The third kappa shape index (κ3) is 3.96. The normalized spacial score (nSPS) is 15.1. The Balaban J connectivity index is 2.85. The van der Waals surface area contributed by atoms with Crippen molar-refractivity contribution in [1.29, 1.82) is 5.26 Å². The SMILES string of the molecule is CCCCN(C(=O)C(C#N)(CCC)CCC)C1CC1. The minimum Gasteiger partial charge on any atom is -0.338 e. The van der Waals surface area contributed by atoms with Crippen LogP contribution in [0.4, 0.5) is 0 Å². The van der Waals surface area contributed by atoms with Gasteiger partial charge in [-0.15, -0.1) is 0 Å². The average molecular weight is 264 g/mol. The molecule has 1 rings (SSSR count). The maximum Gasteiger partial charge on any atom is 0.243 e. The van der Waals surface area contributed by atoms with Gasteiger partial charge < -0.3 is 4.90 Å². The monoisotopic (exact) mass is 264 g/mol. The van der Waals surface area contributed by atoms with E-state index in [1.165, 1.54) is 0 Å². The summed E-state index contributed by atoms with van der Waals surface area (Å²) in [7, 11) is 0. The lowest BCUT2D eigenvalue weighted by Crippen LogP contribution is -2.45. The van der Waals surface area contributed by atoms with Crippen LogP contribution in [-0.2, 0) is 4.79 Å². The molecule has 0 radical (unpaired) electrons. The summed E-state index contributed by atoms with van der Waals surface area (Å²) in [5.41, 5.74) is -0.764. The summed E-state index contributed by atoms with van der Waals surface area (Å²) in [6.07, 6.45) is 7.57. The van der Waals surface area contributed by atoms with E-state index in [4.69, 9.17) is 0 Å². The summed E-state index contributed by atoms with van der Waals surface area (Å²) in [5, 5.41) is 9.59. The molecule has 1 aliphatic rings. The van der Waals surface area contributed by atoms with Crippen LogP contribution in [0.15, 0.2) is 0 Å². The second-order valence-electron chi connectivity index (χ2n) is 5.78. The molecular formula is C16H28N2O. The zero-order chi connectivity index (χ0) is 14.3. The van der Waals surface area contributed by atoms with Crippen LogP contribution < -0.4 is 0 Å². The van der Waals surface area contributed by atoms with Crippen molar-refractivity contribution in [2.75, 3.05) is 6.54 Å². The second-order valence-corrected chi connectivity index (χ2v) is 5.78. The fourth-order valence-corrected chi connectivity index (χ4v) is 2.79. The van der Waals surface area contributed by atoms with Crippen LogP contribution in [0.3, 0.4) is 0 Å². The molecule has 0 aromatic rings. The highest BCUT2D eigenvalue weighted by Crippen LogP contribution is 2.36. The third-order valence-corrected chi connectivity index (χ3v) is 3.98. The first-order valence-electron chi connectivity index (χ1n) is 7.87. The van der Waals surface area contributed by atoms with Gasteiger partial charge in [0.2, 0.25) is 5.91 Å². The highest BCUT2D eigenvalue weighted by Gasteiger charge is 2.44. The van der Waals surface area contributed by atoms with Crippen molar-refractivity contribution in [1.82, 2.24) is 4.90 Å². The minimum absolute atomic E-state index is 0.106. The first kappa shape index (κ1) is 16.0. The number of amides is 1. The number of hydrogen-bond donors (Lipinski definition) is 0. The quantitative estimate of drug-likeness (QED) is 0.634. The van der Waals surface area contributed by atoms with E-state index in [0.29, 0.717) is 18.9 Å². The van der Waals surface area contributed by atoms with Crippen molar-refractivity contribution in [2.45, 2.75) is 78.2 Å². The molecule has 0 spiro atoms. The van der Waals surface area contributed by atoms with E-state index in [9.17, 15) is 10.1 Å². The number of unbranched alkanes of at least 4 members (excludes halogenated alkanes) is 1. The van der Waals surface area contributed by atoms with E-state index in [1.807, 2.05) is 4.90 Å². The molecule has 0 atom stereocenters. The Morgan fingerprint density at radius 1 is 1.21 bits per heavy atom. The zero-order valence-corrected chi connectivity index (χ0v) is 12.7. The number of nitrogens with zero attached hydrogens (tertiary/aromatic N) is 2. The molecule has 0 N–H and O–H groups in total. The van der Waals surface area contributed by atoms with Crippen molar-refractivity contribution >= 4 is 5.91 Å². The van der Waals surface area contributed by atoms with Crippen molar-refractivity contribution in [3.05, 3.63) is 0 Å². The van der Waals surface area contributed by atoms with Gasteiger partial charge in [0.1, 0.15) is 5.41 Å². The molecule has 1 amide bonds. The molecule has 1 saturated carbocycles. The van der Waals surface area contributed by atoms with E-state index in [1.54, 1.807) is 0 Å². The number of rotatable bonds is 9. The van der Waals surface area contributed by atoms with Gasteiger partial charge in [0.15, 0.2) is 0 Å². The van der Waals surface area contributed by atoms with Gasteiger partial charge in [-0.05, 0) is 32.1 Å². The molecule has 108 valence electrons. The van der Waals surface area contributed by atoms with Gasteiger partial charge in [0.25, 0.3) is 0 Å². The molecule has 0 heterocycles. The van der Waals surface area contributed by atoms with Gasteiger partial charge in [-0.3, -0.25) is 4.79 Å². The van der Waals surface area contributed by atoms with Gasteiger partial charge in [-0.2, -0.15) is 5.26 Å². The minimum atomic E-state index is -0.764. The van der Waals surface area contributed by atoms with E-state index in [0.717, 1.165) is 45.1 Å². The Morgan fingerprint density at radius 2 is 1.79 bits per heavy atom. The number of carbonyl (C=O) groups excluding carboxylic acids is 1. The lowest BCUT2D eigenvalue weighted by atomic mass is 9.79. The predicted molar refractivity (Wildman–Crippen MR) is 77.5 cm³/mol. The molecule has 1 aliphatic carbocycles. The van der Waals surface area contributed by atoms with Crippen LogP contribution in [0.5, 0.6) is 0 Å². The number of hydrogen-bond acceptors (Lipinski definition) is 2. The second kappa shape index (κ2) is 7.53. The smallest absolute Gasteiger partial charge is 0.243 e. The first-order valence-corrected chi connectivity index (χ1v) is 7.87. The lowest BCUT2D eigenvalue weighted by molar-refractivity contribution is -0.140. The number of carbonyl (C=O) groups is 1. The Morgan fingerprint density at radius 3 is 2.16 bits per heavy atom. The van der Waals surface area contributed by atoms with Gasteiger partial charge >= 0.3 is 0 Å². The zero-order valence-electron chi connectivity index (χ0n) is 12.7. The fourth-order valence-electron chi connectivity index (χ4n) is 2.79. The van der Waals surface area contributed by atoms with Crippen LogP contribution in [0.1, 0.15) is 72.1 Å². The molecule has 19 heavy (non-hydrogen) atoms. The van der Waals surface area contributed by atoms with Crippen molar-refractivity contribution in [3.8, 4) is 6.07 Å². The Kier molecular flexibility index (Phi) is 6.34. The van der Waals surface area contributed by atoms with Crippen LogP contribution in [0.25, 0.3) is 0 Å². The summed E-state index contributed by atoms with van der Waals surface area (Å²) in [6, 6.07) is 2.78. The maximum absolute atomic E-state index is 12.9. The fraction of sp³-hybridized carbons (Fsp3) is 0.875. The maximum atomic E-state index is 12.9. The summed E-state index contributed by atoms with van der Waals surface area (Å²) in [5.74, 6) is 0.106. The molecular weight excluding hydrogens is 236 g/mol. The predicted octanol–water partition coefficient (Wildman–Crippen LogP) is 3.89. The highest BCUT2D eigenvalue weighted by atomic mass is 16.2. The van der Waals surface area contributed by atoms with Crippen LogP contribution in [0.2, 0.25) is 0 Å². The molecule has 0 unspecified atom stereocenters. The molecule has 1 fully saturated rings. The van der Waals surface area contributed by atoms with Crippen molar-refractivity contribution in [3.63, 3.8) is 0 Å². The van der Waals surface area contributed by atoms with E-state index >= 15 is 0 Å². The van der Waals surface area contributed by atoms with Gasteiger partial charge in [-0.25, -0.2) is 0 Å². The number of nitriles is 1. The summed E-state index contributed by atoms with van der Waals surface area (Å²) in [4.78, 5) is 14.9. The van der Waals surface area contributed by atoms with Gasteiger partial charge in [0.05, 0.1) is 6.07 Å². The molecule has 3 heteroatoms. The molecule has 0 aromatic heterocycles. The lowest BCUT2D eigenvalue weighted by Gasteiger charge is -2.32. The first-order chi connectivity index (χ1) is 9.15. The molecule has 0 saturated heterocycles. The largest absolute Gasteiger partial charge is 0.338 e. The van der Waals surface area contributed by atoms with Crippen LogP contribution in [-0.4, -0.2) is 23.4 Å². The molecule has 0 aliphatic heterocycles. The standard InChI is InChI=1S/C16H28N2O/c1-4-7-12-18(14-8-9-14)15(19)16(13-17,10-5-2)11-6-3/h14H,4-12H2,1-3H3. The van der Waals surface area contributed by atoms with Crippen molar-refractivity contribution in [2.24, 2.45) is 5.41 Å². The van der Waals surface area contributed by atoms with E-state index in [2.05, 4.69) is 26.8 Å².